The van der Waals surface area contributed by atoms with E-state index in [1.807, 2.05) is 32.0 Å². The monoisotopic (exact) mass is 316 g/mol. The molecular formula is C17H14F2N2O2. The van der Waals surface area contributed by atoms with E-state index in [0.717, 1.165) is 11.1 Å². The van der Waals surface area contributed by atoms with E-state index in [1.165, 1.54) is 18.2 Å². The first kappa shape index (κ1) is 15.1. The van der Waals surface area contributed by atoms with Crippen molar-refractivity contribution in [1.82, 2.24) is 9.97 Å². The fourth-order valence-corrected chi connectivity index (χ4v) is 2.37. The predicted molar refractivity (Wildman–Crippen MR) is 81.9 cm³/mol. The zero-order valence-electron chi connectivity index (χ0n) is 12.6. The lowest BCUT2D eigenvalue weighted by Gasteiger charge is -2.10. The van der Waals surface area contributed by atoms with Gasteiger partial charge in [0.1, 0.15) is 5.75 Å². The molecule has 0 fully saturated rings. The van der Waals surface area contributed by atoms with Crippen molar-refractivity contribution in [3.63, 3.8) is 0 Å². The highest BCUT2D eigenvalue weighted by atomic mass is 19.3. The lowest BCUT2D eigenvalue weighted by atomic mass is 10.1. The number of ether oxygens (including phenoxy) is 1. The van der Waals surface area contributed by atoms with Crippen LogP contribution in [-0.4, -0.2) is 15.9 Å². The molecule has 1 heterocycles. The van der Waals surface area contributed by atoms with Gasteiger partial charge in [0.15, 0.2) is 5.82 Å². The van der Waals surface area contributed by atoms with Crippen LogP contribution in [0.25, 0.3) is 11.0 Å². The van der Waals surface area contributed by atoms with Gasteiger partial charge in [0, 0.05) is 0 Å². The first-order valence-corrected chi connectivity index (χ1v) is 7.02. The second-order valence-electron chi connectivity index (χ2n) is 5.27. The number of nitrogens with zero attached hydrogens (tertiary/aromatic N) is 1. The lowest BCUT2D eigenvalue weighted by Crippen LogP contribution is -2.10. The molecule has 4 nitrogen and oxygen atoms in total. The summed E-state index contributed by atoms with van der Waals surface area (Å²) in [4.78, 5) is 18.6. The maximum absolute atomic E-state index is 12.7. The number of hydrogen-bond acceptors (Lipinski definition) is 3. The molecule has 0 aliphatic heterocycles. The van der Waals surface area contributed by atoms with Crippen LogP contribution in [-0.2, 0) is 0 Å². The van der Waals surface area contributed by atoms with Crippen LogP contribution in [0.5, 0.6) is 5.75 Å². The fraction of sp³-hybridized carbons (Fsp3) is 0.176. The van der Waals surface area contributed by atoms with Gasteiger partial charge >= 0.3 is 5.97 Å². The molecule has 0 atom stereocenters. The molecule has 23 heavy (non-hydrogen) atoms. The number of nitrogens with one attached hydrogen (secondary N) is 1. The number of aromatic amines is 1. The molecule has 0 bridgehead atoms. The van der Waals surface area contributed by atoms with Gasteiger partial charge in [-0.2, -0.15) is 0 Å². The summed E-state index contributed by atoms with van der Waals surface area (Å²) in [6.45, 7) is 3.70. The molecule has 0 spiro atoms. The zero-order chi connectivity index (χ0) is 16.6. The molecule has 0 saturated heterocycles. The molecule has 0 saturated carbocycles. The molecule has 0 aliphatic carbocycles. The molecule has 118 valence electrons. The highest BCUT2D eigenvalue weighted by molar-refractivity contribution is 5.95. The molecule has 6 heteroatoms. The van der Waals surface area contributed by atoms with Gasteiger partial charge in [-0.25, -0.2) is 18.6 Å². The Morgan fingerprint density at radius 2 is 1.87 bits per heavy atom. The van der Waals surface area contributed by atoms with Crippen molar-refractivity contribution in [2.24, 2.45) is 0 Å². The number of carbonyl (C=O) groups excluding carboxylic acids is 1. The normalized spacial score (nSPS) is 11.2. The SMILES string of the molecule is Cc1cccc(C)c1OC(=O)c1ccc2nc(C(F)F)[nH]c2c1. The van der Waals surface area contributed by atoms with Crippen LogP contribution in [0.15, 0.2) is 36.4 Å². The van der Waals surface area contributed by atoms with Gasteiger partial charge in [-0.3, -0.25) is 0 Å². The smallest absolute Gasteiger partial charge is 0.343 e. The Morgan fingerprint density at radius 1 is 1.17 bits per heavy atom. The standard InChI is InChI=1S/C17H14F2N2O2/c1-9-4-3-5-10(2)14(9)23-17(22)11-6-7-12-13(8-11)21-16(20-12)15(18)19/h3-8,15H,1-2H3,(H,20,21). The Hall–Kier alpha value is -2.76. The summed E-state index contributed by atoms with van der Waals surface area (Å²) in [5.74, 6) is -0.451. The van der Waals surface area contributed by atoms with Crippen molar-refractivity contribution < 1.29 is 18.3 Å². The number of fused-ring (bicyclic) bond motifs is 1. The van der Waals surface area contributed by atoms with Crippen molar-refractivity contribution in [3.8, 4) is 5.75 Å². The Kier molecular flexibility index (Phi) is 3.82. The van der Waals surface area contributed by atoms with E-state index in [0.29, 0.717) is 16.8 Å². The van der Waals surface area contributed by atoms with Gasteiger partial charge in [0.25, 0.3) is 6.43 Å². The molecular weight excluding hydrogens is 302 g/mol. The average Bonchev–Trinajstić information content (AvgIpc) is 2.94. The molecule has 0 unspecified atom stereocenters. The first-order valence-electron chi connectivity index (χ1n) is 7.02. The van der Waals surface area contributed by atoms with Crippen LogP contribution in [0.3, 0.4) is 0 Å². The van der Waals surface area contributed by atoms with E-state index in [2.05, 4.69) is 9.97 Å². The summed E-state index contributed by atoms with van der Waals surface area (Å²) in [6, 6.07) is 10.1. The molecule has 2 aromatic carbocycles. The Labute approximate surface area is 131 Å². The van der Waals surface area contributed by atoms with E-state index < -0.39 is 18.2 Å². The topological polar surface area (TPSA) is 55.0 Å². The van der Waals surface area contributed by atoms with Gasteiger partial charge in [0.05, 0.1) is 16.6 Å². The largest absolute Gasteiger partial charge is 0.422 e. The minimum Gasteiger partial charge on any atom is -0.422 e. The Balaban J connectivity index is 1.92. The molecule has 0 aliphatic rings. The van der Waals surface area contributed by atoms with Crippen LogP contribution in [0.1, 0.15) is 33.7 Å². The number of esters is 1. The minimum atomic E-state index is -2.69. The van der Waals surface area contributed by atoms with Crippen molar-refractivity contribution in [1.29, 1.82) is 0 Å². The van der Waals surface area contributed by atoms with E-state index in [1.54, 1.807) is 0 Å². The molecule has 0 amide bonds. The maximum Gasteiger partial charge on any atom is 0.343 e. The molecule has 1 N–H and O–H groups in total. The number of benzene rings is 2. The van der Waals surface area contributed by atoms with Gasteiger partial charge in [0.2, 0.25) is 0 Å². The number of aromatic nitrogens is 2. The molecule has 0 radical (unpaired) electrons. The van der Waals surface area contributed by atoms with Crippen molar-refractivity contribution >= 4 is 17.0 Å². The van der Waals surface area contributed by atoms with Crippen LogP contribution in [0.4, 0.5) is 8.78 Å². The van der Waals surface area contributed by atoms with Crippen LogP contribution in [0.2, 0.25) is 0 Å². The third-order valence-electron chi connectivity index (χ3n) is 3.55. The average molecular weight is 316 g/mol. The minimum absolute atomic E-state index is 0.268. The summed E-state index contributed by atoms with van der Waals surface area (Å²) in [5.41, 5.74) is 2.71. The van der Waals surface area contributed by atoms with Crippen LogP contribution >= 0.6 is 0 Å². The van der Waals surface area contributed by atoms with E-state index in [4.69, 9.17) is 4.74 Å². The van der Waals surface area contributed by atoms with Crippen LogP contribution in [0, 0.1) is 13.8 Å². The summed E-state index contributed by atoms with van der Waals surface area (Å²) < 4.78 is 30.8. The van der Waals surface area contributed by atoms with Crippen molar-refractivity contribution in [2.75, 3.05) is 0 Å². The van der Waals surface area contributed by atoms with Gasteiger partial charge in [-0.05, 0) is 43.2 Å². The summed E-state index contributed by atoms with van der Waals surface area (Å²) in [5, 5.41) is 0. The fourth-order valence-electron chi connectivity index (χ4n) is 2.37. The summed E-state index contributed by atoms with van der Waals surface area (Å²) in [7, 11) is 0. The number of H-pyrrole nitrogens is 1. The number of carbonyl (C=O) groups is 1. The van der Waals surface area contributed by atoms with Gasteiger partial charge in [-0.1, -0.05) is 18.2 Å². The first-order chi connectivity index (χ1) is 11.0. The second kappa shape index (κ2) is 5.79. The third-order valence-corrected chi connectivity index (χ3v) is 3.55. The van der Waals surface area contributed by atoms with E-state index in [9.17, 15) is 13.6 Å². The number of alkyl halides is 2. The zero-order valence-corrected chi connectivity index (χ0v) is 12.6. The van der Waals surface area contributed by atoms with Crippen molar-refractivity contribution in [3.05, 3.63) is 58.9 Å². The highest BCUT2D eigenvalue weighted by Crippen LogP contribution is 2.25. The van der Waals surface area contributed by atoms with E-state index in [-0.39, 0.29) is 5.56 Å². The van der Waals surface area contributed by atoms with Crippen molar-refractivity contribution in [2.45, 2.75) is 20.3 Å². The number of aryl methyl sites for hydroxylation is 2. The maximum atomic E-state index is 12.7. The molecule has 3 aromatic rings. The van der Waals surface area contributed by atoms with Gasteiger partial charge < -0.3 is 9.72 Å². The highest BCUT2D eigenvalue weighted by Gasteiger charge is 2.16. The second-order valence-corrected chi connectivity index (χ2v) is 5.27. The van der Waals surface area contributed by atoms with Crippen LogP contribution < -0.4 is 4.74 Å². The number of rotatable bonds is 3. The lowest BCUT2D eigenvalue weighted by molar-refractivity contribution is 0.0732. The number of para-hydroxylation sites is 1. The number of hydrogen-bond donors (Lipinski definition) is 1. The predicted octanol–water partition coefficient (Wildman–Crippen LogP) is 4.34. The summed E-state index contributed by atoms with van der Waals surface area (Å²) >= 11 is 0. The number of imidazole rings is 1. The Morgan fingerprint density at radius 3 is 2.52 bits per heavy atom. The van der Waals surface area contributed by atoms with E-state index >= 15 is 0 Å². The molecule has 1 aromatic heterocycles. The quantitative estimate of drug-likeness (QED) is 0.578. The number of halogens is 2. The Bertz CT molecular complexity index is 867. The molecule has 3 rings (SSSR count). The summed E-state index contributed by atoms with van der Waals surface area (Å²) in [6.07, 6.45) is -2.69. The van der Waals surface area contributed by atoms with Gasteiger partial charge in [-0.15, -0.1) is 0 Å². The third kappa shape index (κ3) is 2.92.